The third-order valence-corrected chi connectivity index (χ3v) is 10.6. The number of H-pyrrole nitrogens is 1. The molecule has 2 heterocycles. The van der Waals surface area contributed by atoms with Crippen LogP contribution in [-0.2, 0) is 27.8 Å². The standard InChI is InChI=1S/C32H41NO4/c1-18(2)7-8-19-9-10-24-21(15-19)22-16-20-11-14-32(36)23-17-25(34)28(29(3,4)35)37-26(23)12-13-30(32,5)31(20,6)27(22)33-24/h7,9-10,15,17,20,26,28,33,35-36H,8,11-14,16H2,1-6H3/t20-,26-,28-,30+,31+,32+/m0/s1. The lowest BCUT2D eigenvalue weighted by Crippen LogP contribution is -2.68. The molecule has 37 heavy (non-hydrogen) atoms. The van der Waals surface area contributed by atoms with Gasteiger partial charge in [0.05, 0.1) is 17.3 Å². The van der Waals surface area contributed by atoms with Gasteiger partial charge in [-0.3, -0.25) is 4.79 Å². The van der Waals surface area contributed by atoms with Crippen LogP contribution < -0.4 is 0 Å². The molecule has 0 unspecified atom stereocenters. The maximum absolute atomic E-state index is 13.1. The Morgan fingerprint density at radius 1 is 1.22 bits per heavy atom. The van der Waals surface area contributed by atoms with E-state index < -0.39 is 22.7 Å². The first-order valence-electron chi connectivity index (χ1n) is 13.9. The molecule has 1 aliphatic heterocycles. The molecule has 0 radical (unpaired) electrons. The highest BCUT2D eigenvalue weighted by atomic mass is 16.5. The molecule has 0 spiro atoms. The van der Waals surface area contributed by atoms with E-state index in [-0.39, 0.29) is 17.3 Å². The third kappa shape index (κ3) is 3.30. The molecule has 2 aromatic rings. The van der Waals surface area contributed by atoms with Gasteiger partial charge in [-0.2, -0.15) is 0 Å². The SMILES string of the molecule is CC(C)=CCc1ccc2[nH]c3c(c2c1)C[C@@H]1CC[C@@]2(O)C4=CC(=O)[C@@H](C(C)(C)O)O[C@H]4CC[C@]2(C)[C@@]31C. The Bertz CT molecular complexity index is 1350. The number of ether oxygens (including phenoxy) is 1. The van der Waals surface area contributed by atoms with Gasteiger partial charge in [-0.25, -0.2) is 0 Å². The average Bonchev–Trinajstić information content (AvgIpc) is 3.33. The summed E-state index contributed by atoms with van der Waals surface area (Å²) in [6.45, 7) is 12.1. The second-order valence-corrected chi connectivity index (χ2v) is 13.4. The zero-order valence-corrected chi connectivity index (χ0v) is 23.1. The highest BCUT2D eigenvalue weighted by Gasteiger charge is 2.70. The molecule has 4 aliphatic rings. The van der Waals surface area contributed by atoms with Crippen LogP contribution in [-0.4, -0.2) is 44.4 Å². The summed E-state index contributed by atoms with van der Waals surface area (Å²) in [5.74, 6) is 0.191. The van der Waals surface area contributed by atoms with Crippen molar-refractivity contribution in [1.29, 1.82) is 0 Å². The fraction of sp³-hybridized carbons (Fsp3) is 0.594. The van der Waals surface area contributed by atoms with Crippen LogP contribution in [0, 0.1) is 11.3 Å². The number of ketones is 1. The highest BCUT2D eigenvalue weighted by molar-refractivity contribution is 5.96. The molecule has 3 aliphatic carbocycles. The Morgan fingerprint density at radius 3 is 2.68 bits per heavy atom. The Balaban J connectivity index is 1.44. The maximum Gasteiger partial charge on any atom is 0.187 e. The minimum absolute atomic E-state index is 0.245. The molecule has 1 aromatic heterocycles. The number of aliphatic hydroxyl groups is 2. The summed E-state index contributed by atoms with van der Waals surface area (Å²) in [6.07, 6.45) is 7.67. The first-order valence-corrected chi connectivity index (χ1v) is 13.9. The number of carbonyl (C=O) groups excluding carboxylic acids is 1. The number of aromatic amines is 1. The Kier molecular flexibility index (Phi) is 5.36. The zero-order valence-electron chi connectivity index (χ0n) is 23.1. The van der Waals surface area contributed by atoms with Gasteiger partial charge in [0.15, 0.2) is 5.78 Å². The van der Waals surface area contributed by atoms with Crippen LogP contribution in [0.2, 0.25) is 0 Å². The van der Waals surface area contributed by atoms with E-state index in [0.717, 1.165) is 37.7 Å². The van der Waals surface area contributed by atoms with Gasteiger partial charge in [0, 0.05) is 27.4 Å². The quantitative estimate of drug-likeness (QED) is 0.486. The second-order valence-electron chi connectivity index (χ2n) is 13.4. The zero-order chi connectivity index (χ0) is 26.5. The number of carbonyl (C=O) groups is 1. The smallest absolute Gasteiger partial charge is 0.187 e. The molecule has 2 fully saturated rings. The molecule has 3 N–H and O–H groups in total. The van der Waals surface area contributed by atoms with Gasteiger partial charge in [-0.1, -0.05) is 31.6 Å². The predicted octanol–water partition coefficient (Wildman–Crippen LogP) is 5.47. The van der Waals surface area contributed by atoms with Crippen molar-refractivity contribution in [2.45, 2.75) is 109 Å². The van der Waals surface area contributed by atoms with Crippen molar-refractivity contribution in [2.24, 2.45) is 11.3 Å². The fourth-order valence-corrected chi connectivity index (χ4v) is 8.36. The van der Waals surface area contributed by atoms with E-state index in [4.69, 9.17) is 4.74 Å². The largest absolute Gasteiger partial charge is 0.387 e. The van der Waals surface area contributed by atoms with Crippen molar-refractivity contribution in [3.8, 4) is 0 Å². The summed E-state index contributed by atoms with van der Waals surface area (Å²) >= 11 is 0. The van der Waals surface area contributed by atoms with E-state index in [1.807, 2.05) is 0 Å². The van der Waals surface area contributed by atoms with Crippen LogP contribution in [0.3, 0.4) is 0 Å². The fourth-order valence-electron chi connectivity index (χ4n) is 8.36. The summed E-state index contributed by atoms with van der Waals surface area (Å²) in [5.41, 5.74) is 4.11. The number of fused-ring (bicyclic) bond motifs is 9. The van der Waals surface area contributed by atoms with Gasteiger partial charge >= 0.3 is 0 Å². The Hall–Kier alpha value is -2.21. The number of hydrogen-bond donors (Lipinski definition) is 3. The molecule has 2 saturated carbocycles. The normalized spacial score (nSPS) is 36.9. The topological polar surface area (TPSA) is 82.5 Å². The molecule has 1 aromatic carbocycles. The van der Waals surface area contributed by atoms with Crippen molar-refractivity contribution in [3.63, 3.8) is 0 Å². The van der Waals surface area contributed by atoms with Crippen LogP contribution in [0.5, 0.6) is 0 Å². The molecular formula is C32H41NO4. The predicted molar refractivity (Wildman–Crippen MR) is 146 cm³/mol. The van der Waals surface area contributed by atoms with Crippen LogP contribution in [0.4, 0.5) is 0 Å². The monoisotopic (exact) mass is 503 g/mol. The average molecular weight is 504 g/mol. The van der Waals surface area contributed by atoms with Crippen molar-refractivity contribution in [2.75, 3.05) is 0 Å². The van der Waals surface area contributed by atoms with E-state index in [1.54, 1.807) is 19.9 Å². The molecule has 0 amide bonds. The first-order chi connectivity index (χ1) is 17.3. The van der Waals surface area contributed by atoms with Gasteiger partial charge in [-0.05, 0) is 107 Å². The number of benzene rings is 1. The minimum atomic E-state index is -1.26. The van der Waals surface area contributed by atoms with Crippen LogP contribution in [0.15, 0.2) is 41.5 Å². The number of hydrogen-bond acceptors (Lipinski definition) is 4. The van der Waals surface area contributed by atoms with Crippen molar-refractivity contribution < 1.29 is 19.7 Å². The summed E-state index contributed by atoms with van der Waals surface area (Å²) in [4.78, 5) is 16.9. The van der Waals surface area contributed by atoms with E-state index in [0.29, 0.717) is 12.3 Å². The maximum atomic E-state index is 13.1. The van der Waals surface area contributed by atoms with Crippen LogP contribution >= 0.6 is 0 Å². The highest BCUT2D eigenvalue weighted by Crippen LogP contribution is 2.69. The van der Waals surface area contributed by atoms with Crippen molar-refractivity contribution in [3.05, 3.63) is 58.3 Å². The van der Waals surface area contributed by atoms with Crippen LogP contribution in [0.25, 0.3) is 10.9 Å². The molecule has 0 bridgehead atoms. The minimum Gasteiger partial charge on any atom is -0.387 e. The molecule has 5 heteroatoms. The van der Waals surface area contributed by atoms with Gasteiger partial charge in [0.2, 0.25) is 0 Å². The third-order valence-electron chi connectivity index (χ3n) is 10.6. The summed E-state index contributed by atoms with van der Waals surface area (Å²) in [6, 6.07) is 6.77. The summed E-state index contributed by atoms with van der Waals surface area (Å²) in [5, 5.41) is 24.4. The van der Waals surface area contributed by atoms with Crippen LogP contribution in [0.1, 0.15) is 84.0 Å². The molecule has 5 nitrogen and oxygen atoms in total. The summed E-state index contributed by atoms with van der Waals surface area (Å²) in [7, 11) is 0. The lowest BCUT2D eigenvalue weighted by molar-refractivity contribution is -0.195. The van der Waals surface area contributed by atoms with Gasteiger partial charge < -0.3 is 19.9 Å². The van der Waals surface area contributed by atoms with E-state index in [2.05, 4.69) is 57.0 Å². The number of aromatic nitrogens is 1. The van der Waals surface area contributed by atoms with E-state index >= 15 is 0 Å². The number of nitrogens with one attached hydrogen (secondary N) is 1. The Morgan fingerprint density at radius 2 is 1.97 bits per heavy atom. The van der Waals surface area contributed by atoms with Gasteiger partial charge in [-0.15, -0.1) is 0 Å². The Labute approximate surface area is 220 Å². The second kappa shape index (κ2) is 7.91. The number of allylic oxidation sites excluding steroid dienone is 2. The molecule has 6 atom stereocenters. The van der Waals surface area contributed by atoms with Gasteiger partial charge in [0.1, 0.15) is 6.10 Å². The molecule has 198 valence electrons. The van der Waals surface area contributed by atoms with E-state index in [1.165, 1.54) is 33.3 Å². The lowest BCUT2D eigenvalue weighted by atomic mass is 9.42. The number of rotatable bonds is 3. The van der Waals surface area contributed by atoms with Crippen molar-refractivity contribution >= 4 is 16.7 Å². The molecule has 0 saturated heterocycles. The molecular weight excluding hydrogens is 462 g/mol. The van der Waals surface area contributed by atoms with E-state index in [9.17, 15) is 15.0 Å². The summed E-state index contributed by atoms with van der Waals surface area (Å²) < 4.78 is 6.20. The lowest BCUT2D eigenvalue weighted by Gasteiger charge is -2.64. The van der Waals surface area contributed by atoms with Crippen molar-refractivity contribution in [1.82, 2.24) is 4.98 Å². The first kappa shape index (κ1) is 25.1. The molecule has 6 rings (SSSR count). The van der Waals surface area contributed by atoms with Gasteiger partial charge in [0.25, 0.3) is 0 Å².